The smallest absolute Gasteiger partial charge is 0.138 e. The monoisotopic (exact) mass is 383 g/mol. The fraction of sp³-hybridized carbons (Fsp3) is 0.0400. The van der Waals surface area contributed by atoms with Crippen LogP contribution in [0.1, 0.15) is 5.56 Å². The van der Waals surface area contributed by atoms with Gasteiger partial charge in [0.05, 0.1) is 0 Å². The number of fused-ring (bicyclic) bond motifs is 3. The summed E-state index contributed by atoms with van der Waals surface area (Å²) in [5, 5.41) is 2.85. The highest BCUT2D eigenvalue weighted by atomic mass is 35.5. The van der Waals surface area contributed by atoms with Crippen LogP contribution in [-0.2, 0) is 0 Å². The molecule has 0 spiro atoms. The molecule has 136 valence electrons. The van der Waals surface area contributed by atoms with Crippen LogP contribution >= 0.6 is 11.6 Å². The van der Waals surface area contributed by atoms with Gasteiger partial charge in [0.2, 0.25) is 0 Å². The first-order valence-electron chi connectivity index (χ1n) is 9.23. The van der Waals surface area contributed by atoms with Crippen molar-refractivity contribution in [2.45, 2.75) is 6.92 Å². The lowest BCUT2D eigenvalue weighted by atomic mass is 10.1. The Morgan fingerprint density at radius 2 is 1.32 bits per heavy atom. The minimum Gasteiger partial charge on any atom is -0.456 e. The molecule has 28 heavy (non-hydrogen) atoms. The predicted octanol–water partition coefficient (Wildman–Crippen LogP) is 8.02. The highest BCUT2D eigenvalue weighted by Crippen LogP contribution is 2.40. The summed E-state index contributed by atoms with van der Waals surface area (Å²) in [6, 6.07) is 31.0. The third-order valence-electron chi connectivity index (χ3n) is 4.99. The van der Waals surface area contributed by atoms with E-state index in [0.717, 1.165) is 44.6 Å². The maximum Gasteiger partial charge on any atom is 0.138 e. The van der Waals surface area contributed by atoms with Crippen LogP contribution in [0.4, 0.5) is 17.1 Å². The van der Waals surface area contributed by atoms with Crippen molar-refractivity contribution in [3.8, 4) is 0 Å². The average Bonchev–Trinajstić information content (AvgIpc) is 3.08. The van der Waals surface area contributed by atoms with E-state index in [0.29, 0.717) is 5.02 Å². The number of para-hydroxylation sites is 2. The molecule has 0 bridgehead atoms. The molecular weight excluding hydrogens is 366 g/mol. The number of hydrogen-bond acceptors (Lipinski definition) is 2. The molecule has 0 saturated heterocycles. The average molecular weight is 384 g/mol. The van der Waals surface area contributed by atoms with Gasteiger partial charge in [-0.05, 0) is 61.0 Å². The number of aryl methyl sites for hydroxylation is 1. The number of anilines is 3. The van der Waals surface area contributed by atoms with E-state index in [-0.39, 0.29) is 0 Å². The minimum atomic E-state index is 0.680. The van der Waals surface area contributed by atoms with Gasteiger partial charge in [0, 0.05) is 38.9 Å². The molecule has 3 heteroatoms. The van der Waals surface area contributed by atoms with E-state index in [1.165, 1.54) is 0 Å². The highest BCUT2D eigenvalue weighted by Gasteiger charge is 2.16. The van der Waals surface area contributed by atoms with E-state index in [9.17, 15) is 0 Å². The maximum atomic E-state index is 6.16. The van der Waals surface area contributed by atoms with Crippen LogP contribution in [0.25, 0.3) is 21.9 Å². The number of hydrogen-bond donors (Lipinski definition) is 0. The Hall–Kier alpha value is -3.23. The summed E-state index contributed by atoms with van der Waals surface area (Å²) in [6.45, 7) is 2.09. The first-order chi connectivity index (χ1) is 13.7. The molecule has 0 aliphatic heterocycles. The minimum absolute atomic E-state index is 0.680. The van der Waals surface area contributed by atoms with Gasteiger partial charge in [0.1, 0.15) is 11.2 Å². The Balaban J connectivity index is 1.78. The SMILES string of the molecule is Cc1cc(N(c2ccccc2)c2ccccc2)cc2c1oc1cc(Cl)ccc12. The second-order valence-electron chi connectivity index (χ2n) is 6.89. The molecule has 0 N–H and O–H groups in total. The molecule has 1 aromatic heterocycles. The molecule has 5 rings (SSSR count). The third kappa shape index (κ3) is 2.83. The maximum absolute atomic E-state index is 6.16. The van der Waals surface area contributed by atoms with Crippen LogP contribution in [0.5, 0.6) is 0 Å². The van der Waals surface area contributed by atoms with E-state index in [4.69, 9.17) is 16.0 Å². The largest absolute Gasteiger partial charge is 0.456 e. The van der Waals surface area contributed by atoms with Gasteiger partial charge in [-0.3, -0.25) is 0 Å². The van der Waals surface area contributed by atoms with E-state index in [1.54, 1.807) is 0 Å². The van der Waals surface area contributed by atoms with Crippen molar-refractivity contribution in [1.29, 1.82) is 0 Å². The van der Waals surface area contributed by atoms with Gasteiger partial charge in [-0.2, -0.15) is 0 Å². The molecule has 0 aliphatic carbocycles. The highest BCUT2D eigenvalue weighted by molar-refractivity contribution is 6.31. The normalized spacial score (nSPS) is 11.2. The molecule has 5 aromatic rings. The Labute approximate surface area is 168 Å². The van der Waals surface area contributed by atoms with E-state index in [2.05, 4.69) is 72.5 Å². The Bertz CT molecular complexity index is 1240. The molecular formula is C25H18ClNO. The molecule has 4 aromatic carbocycles. The fourth-order valence-electron chi connectivity index (χ4n) is 3.73. The van der Waals surface area contributed by atoms with Gasteiger partial charge in [-0.1, -0.05) is 48.0 Å². The topological polar surface area (TPSA) is 16.4 Å². The number of benzene rings is 4. The summed E-state index contributed by atoms with van der Waals surface area (Å²) in [6.07, 6.45) is 0. The zero-order chi connectivity index (χ0) is 19.1. The molecule has 2 nitrogen and oxygen atoms in total. The van der Waals surface area contributed by atoms with Crippen molar-refractivity contribution < 1.29 is 4.42 Å². The van der Waals surface area contributed by atoms with Crippen LogP contribution in [0.3, 0.4) is 0 Å². The lowest BCUT2D eigenvalue weighted by Gasteiger charge is -2.25. The Morgan fingerprint density at radius 1 is 0.679 bits per heavy atom. The number of nitrogens with zero attached hydrogens (tertiary/aromatic N) is 1. The quantitative estimate of drug-likeness (QED) is 0.313. The second-order valence-corrected chi connectivity index (χ2v) is 7.32. The zero-order valence-corrected chi connectivity index (χ0v) is 16.1. The molecule has 0 unspecified atom stereocenters. The van der Waals surface area contributed by atoms with Crippen molar-refractivity contribution >= 4 is 50.6 Å². The van der Waals surface area contributed by atoms with Crippen LogP contribution in [0.15, 0.2) is 95.4 Å². The molecule has 0 radical (unpaired) electrons. The Kier molecular flexibility index (Phi) is 4.07. The van der Waals surface area contributed by atoms with Crippen LogP contribution in [-0.4, -0.2) is 0 Å². The van der Waals surface area contributed by atoms with Gasteiger partial charge >= 0.3 is 0 Å². The first kappa shape index (κ1) is 16.9. The molecule has 0 aliphatic rings. The summed E-state index contributed by atoms with van der Waals surface area (Å²) < 4.78 is 6.11. The van der Waals surface area contributed by atoms with Crippen molar-refractivity contribution in [3.63, 3.8) is 0 Å². The molecule has 1 heterocycles. The summed E-state index contributed by atoms with van der Waals surface area (Å²) in [5.41, 5.74) is 6.14. The summed E-state index contributed by atoms with van der Waals surface area (Å²) in [5.74, 6) is 0. The first-order valence-corrected chi connectivity index (χ1v) is 9.61. The molecule has 0 saturated carbocycles. The summed E-state index contributed by atoms with van der Waals surface area (Å²) in [7, 11) is 0. The van der Waals surface area contributed by atoms with Gasteiger partial charge < -0.3 is 9.32 Å². The molecule has 0 atom stereocenters. The second kappa shape index (κ2) is 6.74. The van der Waals surface area contributed by atoms with E-state index in [1.807, 2.05) is 30.3 Å². The van der Waals surface area contributed by atoms with Crippen LogP contribution < -0.4 is 4.90 Å². The third-order valence-corrected chi connectivity index (χ3v) is 5.23. The summed E-state index contributed by atoms with van der Waals surface area (Å²) >= 11 is 6.16. The van der Waals surface area contributed by atoms with Gasteiger partial charge in [0.15, 0.2) is 0 Å². The van der Waals surface area contributed by atoms with Gasteiger partial charge in [-0.15, -0.1) is 0 Å². The predicted molar refractivity (Wildman–Crippen MR) is 118 cm³/mol. The van der Waals surface area contributed by atoms with Crippen molar-refractivity contribution in [3.05, 3.63) is 102 Å². The lowest BCUT2D eigenvalue weighted by molar-refractivity contribution is 0.666. The van der Waals surface area contributed by atoms with Crippen LogP contribution in [0, 0.1) is 6.92 Å². The molecule has 0 fully saturated rings. The van der Waals surface area contributed by atoms with Crippen molar-refractivity contribution in [1.82, 2.24) is 0 Å². The molecule has 0 amide bonds. The Morgan fingerprint density at radius 3 is 1.96 bits per heavy atom. The fourth-order valence-corrected chi connectivity index (χ4v) is 3.90. The van der Waals surface area contributed by atoms with E-state index < -0.39 is 0 Å². The number of rotatable bonds is 3. The van der Waals surface area contributed by atoms with Crippen molar-refractivity contribution in [2.24, 2.45) is 0 Å². The standard InChI is InChI=1S/C25H18ClNO/c1-17-14-21(16-23-22-13-12-18(26)15-24(22)28-25(17)23)27(19-8-4-2-5-9-19)20-10-6-3-7-11-20/h2-16H,1H3. The van der Waals surface area contributed by atoms with Crippen molar-refractivity contribution in [2.75, 3.05) is 4.90 Å². The van der Waals surface area contributed by atoms with Crippen LogP contribution in [0.2, 0.25) is 5.02 Å². The summed E-state index contributed by atoms with van der Waals surface area (Å²) in [4.78, 5) is 2.27. The van der Waals surface area contributed by atoms with Gasteiger partial charge in [-0.25, -0.2) is 0 Å². The zero-order valence-electron chi connectivity index (χ0n) is 15.4. The lowest BCUT2D eigenvalue weighted by Crippen LogP contribution is -2.09. The van der Waals surface area contributed by atoms with Gasteiger partial charge in [0.25, 0.3) is 0 Å². The number of halogens is 1. The van der Waals surface area contributed by atoms with E-state index >= 15 is 0 Å². The number of furan rings is 1.